The van der Waals surface area contributed by atoms with E-state index in [9.17, 15) is 4.79 Å². The van der Waals surface area contributed by atoms with Gasteiger partial charge in [-0.25, -0.2) is 0 Å². The molecule has 32 heavy (non-hydrogen) atoms. The molecular formula is C22H31N3O5SSi. The molecule has 0 saturated heterocycles. The van der Waals surface area contributed by atoms with Gasteiger partial charge in [-0.3, -0.25) is 10.1 Å². The molecule has 2 atom stereocenters. The zero-order chi connectivity index (χ0) is 23.4. The lowest BCUT2D eigenvalue weighted by atomic mass is 9.92. The Balaban J connectivity index is 1.64. The van der Waals surface area contributed by atoms with Crippen molar-refractivity contribution in [3.63, 3.8) is 0 Å². The minimum Gasteiger partial charge on any atom is -0.414 e. The molecule has 0 radical (unpaired) electrons. The second kappa shape index (κ2) is 9.80. The number of methoxy groups -OCH3 is 1. The van der Waals surface area contributed by atoms with Crippen LogP contribution < -0.4 is 5.32 Å². The van der Waals surface area contributed by atoms with Crippen LogP contribution in [0.25, 0.3) is 10.8 Å². The quantitative estimate of drug-likeness (QED) is 0.313. The Morgan fingerprint density at radius 3 is 2.72 bits per heavy atom. The van der Waals surface area contributed by atoms with E-state index in [2.05, 4.69) is 49.4 Å². The van der Waals surface area contributed by atoms with E-state index >= 15 is 0 Å². The number of hydrogen-bond acceptors (Lipinski definition) is 8. The first-order valence-electron chi connectivity index (χ1n) is 10.5. The molecule has 0 saturated carbocycles. The van der Waals surface area contributed by atoms with Crippen LogP contribution in [0.4, 0.5) is 6.01 Å². The van der Waals surface area contributed by atoms with E-state index < -0.39 is 20.0 Å². The Kier molecular flexibility index (Phi) is 7.51. The Hall–Kier alpha value is -2.11. The number of carbonyl (C=O) groups is 1. The van der Waals surface area contributed by atoms with Gasteiger partial charge in [-0.15, -0.1) is 16.4 Å². The van der Waals surface area contributed by atoms with Crippen molar-refractivity contribution in [2.75, 3.05) is 25.6 Å². The molecule has 0 bridgehead atoms. The van der Waals surface area contributed by atoms with Gasteiger partial charge < -0.3 is 18.3 Å². The van der Waals surface area contributed by atoms with Crippen LogP contribution in [0.3, 0.4) is 0 Å². The first kappa shape index (κ1) is 24.5. The Bertz CT molecular complexity index is 965. The maximum absolute atomic E-state index is 13.1. The van der Waals surface area contributed by atoms with Crippen LogP contribution in [0.2, 0.25) is 18.1 Å². The molecule has 2 heterocycles. The summed E-state index contributed by atoms with van der Waals surface area (Å²) >= 11 is 1.48. The summed E-state index contributed by atoms with van der Waals surface area (Å²) in [5.41, 5.74) is 0. The highest BCUT2D eigenvalue weighted by Gasteiger charge is 2.43. The number of amides is 1. The highest BCUT2D eigenvalue weighted by atomic mass is 32.1. The van der Waals surface area contributed by atoms with Gasteiger partial charge in [-0.2, -0.15) is 0 Å². The largest absolute Gasteiger partial charge is 0.414 e. The van der Waals surface area contributed by atoms with Gasteiger partial charge in [0.05, 0.1) is 18.1 Å². The Labute approximate surface area is 193 Å². The molecule has 2 aromatic heterocycles. The van der Waals surface area contributed by atoms with Gasteiger partial charge >= 0.3 is 6.01 Å². The smallest absolute Gasteiger partial charge is 0.322 e. The van der Waals surface area contributed by atoms with Crippen molar-refractivity contribution in [3.05, 3.63) is 41.8 Å². The van der Waals surface area contributed by atoms with E-state index in [0.29, 0.717) is 12.5 Å². The summed E-state index contributed by atoms with van der Waals surface area (Å²) in [6.45, 7) is 11.6. The van der Waals surface area contributed by atoms with Crippen molar-refractivity contribution in [3.8, 4) is 10.8 Å². The predicted molar refractivity (Wildman–Crippen MR) is 127 cm³/mol. The molecule has 1 aliphatic rings. The standard InChI is InChI=1S/C22H31N3O5SSi/c1-21(2,3)32(5,6)29-14-13-28-22(27-4)12-8-7-10-16(22)18(26)23-20-25-24-19(30-20)17-11-9-15-31-17/h7-12,15-16H,13-14H2,1-6H3,(H,23,25,26). The zero-order valence-electron chi connectivity index (χ0n) is 19.4. The van der Waals surface area contributed by atoms with Crippen molar-refractivity contribution < 1.29 is 23.1 Å². The fourth-order valence-electron chi connectivity index (χ4n) is 2.94. The van der Waals surface area contributed by atoms with Crippen molar-refractivity contribution in [1.82, 2.24) is 10.2 Å². The number of thiophene rings is 1. The number of aromatic nitrogens is 2. The Morgan fingerprint density at radius 2 is 2.06 bits per heavy atom. The minimum absolute atomic E-state index is 0.0209. The van der Waals surface area contributed by atoms with E-state index in [1.807, 2.05) is 17.5 Å². The second-order valence-corrected chi connectivity index (χ2v) is 14.7. The normalized spacial score (nSPS) is 21.1. The number of rotatable bonds is 9. The molecule has 0 fully saturated rings. The minimum atomic E-state index is -1.90. The molecule has 10 heteroatoms. The summed E-state index contributed by atoms with van der Waals surface area (Å²) < 4.78 is 23.5. The lowest BCUT2D eigenvalue weighted by Gasteiger charge is -2.38. The van der Waals surface area contributed by atoms with E-state index in [4.69, 9.17) is 18.3 Å². The highest BCUT2D eigenvalue weighted by molar-refractivity contribution is 7.13. The molecule has 1 aliphatic carbocycles. The monoisotopic (exact) mass is 477 g/mol. The third-order valence-electron chi connectivity index (χ3n) is 5.85. The first-order valence-corrected chi connectivity index (χ1v) is 14.2. The van der Waals surface area contributed by atoms with Crippen LogP contribution in [0.1, 0.15) is 20.8 Å². The average Bonchev–Trinajstić information content (AvgIpc) is 3.42. The topological polar surface area (TPSA) is 95.7 Å². The number of anilines is 1. The van der Waals surface area contributed by atoms with Crippen molar-refractivity contribution in [2.24, 2.45) is 5.92 Å². The van der Waals surface area contributed by atoms with Gasteiger partial charge in [-0.05, 0) is 35.7 Å². The number of ether oxygens (including phenoxy) is 2. The van der Waals surface area contributed by atoms with Crippen LogP contribution in [0.5, 0.6) is 0 Å². The number of hydrogen-bond donors (Lipinski definition) is 1. The third kappa shape index (κ3) is 5.44. The van der Waals surface area contributed by atoms with Gasteiger partial charge in [0, 0.05) is 7.11 Å². The first-order chi connectivity index (χ1) is 15.1. The van der Waals surface area contributed by atoms with E-state index in [1.165, 1.54) is 18.4 Å². The van der Waals surface area contributed by atoms with Crippen LogP contribution in [-0.2, 0) is 18.7 Å². The molecule has 0 spiro atoms. The summed E-state index contributed by atoms with van der Waals surface area (Å²) in [5, 5.41) is 12.6. The molecule has 8 nitrogen and oxygen atoms in total. The second-order valence-electron chi connectivity index (χ2n) is 8.98. The molecule has 0 aliphatic heterocycles. The van der Waals surface area contributed by atoms with E-state index in [1.54, 1.807) is 24.3 Å². The number of nitrogens with zero attached hydrogens (tertiary/aromatic N) is 2. The Morgan fingerprint density at radius 1 is 1.28 bits per heavy atom. The van der Waals surface area contributed by atoms with Crippen LogP contribution in [0, 0.1) is 5.92 Å². The molecule has 2 unspecified atom stereocenters. The molecule has 1 amide bonds. The lowest BCUT2D eigenvalue weighted by molar-refractivity contribution is -0.213. The summed E-state index contributed by atoms with van der Waals surface area (Å²) in [6.07, 6.45) is 7.03. The average molecular weight is 478 g/mol. The predicted octanol–water partition coefficient (Wildman–Crippen LogP) is 4.86. The maximum atomic E-state index is 13.1. The van der Waals surface area contributed by atoms with Gasteiger partial charge in [0.15, 0.2) is 8.32 Å². The number of nitrogens with one attached hydrogen (secondary N) is 1. The molecule has 0 aromatic carbocycles. The summed E-state index contributed by atoms with van der Waals surface area (Å²) in [4.78, 5) is 13.9. The van der Waals surface area contributed by atoms with Gasteiger partial charge in [-0.1, -0.05) is 50.2 Å². The third-order valence-corrected chi connectivity index (χ3v) is 11.2. The van der Waals surface area contributed by atoms with Crippen molar-refractivity contribution in [2.45, 2.75) is 44.7 Å². The number of carbonyl (C=O) groups excluding carboxylic acids is 1. The molecule has 1 N–H and O–H groups in total. The fraction of sp³-hybridized carbons (Fsp3) is 0.500. The van der Waals surface area contributed by atoms with Gasteiger partial charge in [0.2, 0.25) is 11.7 Å². The summed E-state index contributed by atoms with van der Waals surface area (Å²) in [5.74, 6) is -2.03. The zero-order valence-corrected chi connectivity index (χ0v) is 21.2. The molecule has 174 valence electrons. The van der Waals surface area contributed by atoms with Crippen LogP contribution in [0.15, 0.2) is 46.2 Å². The highest BCUT2D eigenvalue weighted by Crippen LogP contribution is 2.37. The molecule has 3 rings (SSSR count). The van der Waals surface area contributed by atoms with Gasteiger partial charge in [0.1, 0.15) is 5.92 Å². The lowest BCUT2D eigenvalue weighted by Crippen LogP contribution is -2.48. The van der Waals surface area contributed by atoms with Crippen molar-refractivity contribution >= 4 is 31.6 Å². The molecular weight excluding hydrogens is 446 g/mol. The van der Waals surface area contributed by atoms with E-state index in [-0.39, 0.29) is 23.6 Å². The molecule has 2 aromatic rings. The van der Waals surface area contributed by atoms with Crippen LogP contribution >= 0.6 is 11.3 Å². The van der Waals surface area contributed by atoms with Crippen LogP contribution in [-0.4, -0.2) is 50.5 Å². The summed E-state index contributed by atoms with van der Waals surface area (Å²) in [6, 6.07) is 3.78. The maximum Gasteiger partial charge on any atom is 0.322 e. The van der Waals surface area contributed by atoms with E-state index in [0.717, 1.165) is 4.88 Å². The summed E-state index contributed by atoms with van der Waals surface area (Å²) in [7, 11) is -0.381. The van der Waals surface area contributed by atoms with Gasteiger partial charge in [0.25, 0.3) is 5.89 Å². The number of allylic oxidation sites excluding steroid dienone is 2. The van der Waals surface area contributed by atoms with Crippen molar-refractivity contribution in [1.29, 1.82) is 0 Å². The SMILES string of the molecule is COC1(OCCO[Si](C)(C)C(C)(C)C)C=CC=CC1C(=O)Nc1nnc(-c2cccs2)o1. The fourth-order valence-corrected chi connectivity index (χ4v) is 4.61.